The van der Waals surface area contributed by atoms with Crippen molar-refractivity contribution in [2.24, 2.45) is 5.10 Å². The number of carbonyl (C=O) groups excluding carboxylic acids is 2. The minimum atomic E-state index is -0.581. The van der Waals surface area contributed by atoms with E-state index in [1.54, 1.807) is 9.91 Å². The number of amides is 2. The van der Waals surface area contributed by atoms with Gasteiger partial charge in [-0.2, -0.15) is 0 Å². The largest absolute Gasteiger partial charge is 0.302 e. The fourth-order valence-corrected chi connectivity index (χ4v) is 3.89. The first-order valence-corrected chi connectivity index (χ1v) is 9.49. The Balaban J connectivity index is 1.98. The van der Waals surface area contributed by atoms with Crippen molar-refractivity contribution >= 4 is 34.4 Å². The van der Waals surface area contributed by atoms with Crippen LogP contribution in [0.3, 0.4) is 0 Å². The van der Waals surface area contributed by atoms with Crippen LogP contribution >= 0.6 is 11.8 Å². The lowest BCUT2D eigenvalue weighted by Gasteiger charge is -2.48. The highest BCUT2D eigenvalue weighted by atomic mass is 32.2. The number of anilines is 1. The highest BCUT2D eigenvalue weighted by Gasteiger charge is 2.46. The molecule has 0 saturated heterocycles. The zero-order valence-electron chi connectivity index (χ0n) is 14.4. The predicted molar refractivity (Wildman–Crippen MR) is 102 cm³/mol. The second kappa shape index (κ2) is 6.49. The summed E-state index contributed by atoms with van der Waals surface area (Å²) in [5.41, 5.74) is 2.42. The summed E-state index contributed by atoms with van der Waals surface area (Å²) in [6.45, 7) is 1.54. The molecular weight excluding hydrogens is 348 g/mol. The molecule has 0 bridgehead atoms. The summed E-state index contributed by atoms with van der Waals surface area (Å²) in [6, 6.07) is 16.6. The number of carbonyl (C=O) groups is 2. The van der Waals surface area contributed by atoms with Crippen molar-refractivity contribution in [3.63, 3.8) is 0 Å². The van der Waals surface area contributed by atoms with E-state index in [1.165, 1.54) is 18.7 Å². The molecule has 7 heteroatoms. The number of para-hydroxylation sites is 1. The second-order valence-corrected chi connectivity index (χ2v) is 6.91. The summed E-state index contributed by atoms with van der Waals surface area (Å²) in [5.74, 6) is -0.238. The molecule has 0 radical (unpaired) electrons. The lowest BCUT2D eigenvalue weighted by atomic mass is 9.95. The van der Waals surface area contributed by atoms with Crippen LogP contribution in [-0.2, 0) is 9.59 Å². The number of hydrogen-bond donors (Lipinski definition) is 1. The lowest BCUT2D eigenvalue weighted by Crippen LogP contribution is -2.55. The van der Waals surface area contributed by atoms with E-state index in [9.17, 15) is 9.59 Å². The molecule has 0 saturated carbocycles. The third-order valence-electron chi connectivity index (χ3n) is 4.57. The Morgan fingerprint density at radius 3 is 2.50 bits per heavy atom. The number of amidine groups is 1. The van der Waals surface area contributed by atoms with E-state index in [2.05, 4.69) is 10.4 Å². The molecule has 2 heterocycles. The Morgan fingerprint density at radius 2 is 1.81 bits per heavy atom. The van der Waals surface area contributed by atoms with Crippen molar-refractivity contribution in [1.82, 2.24) is 10.3 Å². The van der Waals surface area contributed by atoms with Gasteiger partial charge in [-0.25, -0.2) is 0 Å². The molecule has 0 aromatic heterocycles. The SMILES string of the molecule is CSC1=NN2[C@@H](C(=O)N1)c1ccccc1N(C(C)=O)[C@@H]2c1ccccc1. The number of nitrogens with zero attached hydrogens (tertiary/aromatic N) is 3. The molecule has 2 atom stereocenters. The number of hydrazone groups is 1. The highest BCUT2D eigenvalue weighted by Crippen LogP contribution is 2.46. The molecule has 4 rings (SSSR count). The number of thioether (sulfide) groups is 1. The van der Waals surface area contributed by atoms with Crippen molar-refractivity contribution in [3.8, 4) is 0 Å². The minimum Gasteiger partial charge on any atom is -0.302 e. The van der Waals surface area contributed by atoms with Crippen LogP contribution in [0.2, 0.25) is 0 Å². The fraction of sp³-hybridized carbons (Fsp3) is 0.211. The number of benzene rings is 2. The monoisotopic (exact) mass is 366 g/mol. The summed E-state index contributed by atoms with van der Waals surface area (Å²) in [4.78, 5) is 27.2. The zero-order chi connectivity index (χ0) is 18.3. The standard InChI is InChI=1S/C19H18N4O2S/c1-12(24)22-15-11-7-6-10-14(15)16-17(25)20-19(26-2)21-23(16)18(22)13-8-4-3-5-9-13/h3-11,16,18H,1-2H3,(H,20,21,25)/t16-,18+/m1/s1. The first-order valence-electron chi connectivity index (χ1n) is 8.27. The molecular formula is C19H18N4O2S. The lowest BCUT2D eigenvalue weighted by molar-refractivity contribution is -0.129. The van der Waals surface area contributed by atoms with Gasteiger partial charge in [-0.3, -0.25) is 19.5 Å². The maximum atomic E-state index is 12.9. The number of nitrogens with one attached hydrogen (secondary N) is 1. The molecule has 2 aromatic carbocycles. The molecule has 2 aliphatic rings. The Labute approximate surface area is 155 Å². The van der Waals surface area contributed by atoms with Gasteiger partial charge in [0.05, 0.1) is 5.69 Å². The average molecular weight is 366 g/mol. The van der Waals surface area contributed by atoms with Gasteiger partial charge in [0.15, 0.2) is 17.4 Å². The Hall–Kier alpha value is -2.80. The van der Waals surface area contributed by atoms with E-state index in [4.69, 9.17) is 0 Å². The van der Waals surface area contributed by atoms with Crippen LogP contribution in [-0.4, -0.2) is 28.2 Å². The molecule has 6 nitrogen and oxygen atoms in total. The fourth-order valence-electron chi connectivity index (χ4n) is 3.51. The van der Waals surface area contributed by atoms with Crippen LogP contribution in [0.15, 0.2) is 59.7 Å². The molecule has 1 N–H and O–H groups in total. The van der Waals surface area contributed by atoms with E-state index in [1.807, 2.05) is 60.9 Å². The molecule has 0 spiro atoms. The summed E-state index contributed by atoms with van der Waals surface area (Å²) in [6.07, 6.45) is 1.37. The first-order chi connectivity index (χ1) is 12.6. The van der Waals surface area contributed by atoms with E-state index >= 15 is 0 Å². The maximum Gasteiger partial charge on any atom is 0.255 e. The van der Waals surface area contributed by atoms with Gasteiger partial charge in [-0.1, -0.05) is 60.3 Å². The molecule has 2 aliphatic heterocycles. The van der Waals surface area contributed by atoms with Gasteiger partial charge in [-0.15, -0.1) is 5.10 Å². The van der Waals surface area contributed by atoms with Gasteiger partial charge in [0.2, 0.25) is 5.91 Å². The van der Waals surface area contributed by atoms with Crippen LogP contribution in [0.25, 0.3) is 0 Å². The summed E-state index contributed by atoms with van der Waals surface area (Å²) in [5, 5.41) is 9.76. The summed E-state index contributed by atoms with van der Waals surface area (Å²) in [7, 11) is 0. The zero-order valence-corrected chi connectivity index (χ0v) is 15.2. The Kier molecular flexibility index (Phi) is 4.16. The number of rotatable bonds is 1. The van der Waals surface area contributed by atoms with Gasteiger partial charge < -0.3 is 5.32 Å². The van der Waals surface area contributed by atoms with Crippen molar-refractivity contribution in [2.45, 2.75) is 19.1 Å². The van der Waals surface area contributed by atoms with Gasteiger partial charge in [-0.05, 0) is 17.9 Å². The van der Waals surface area contributed by atoms with E-state index in [0.29, 0.717) is 5.17 Å². The third-order valence-corrected chi connectivity index (χ3v) is 5.14. The average Bonchev–Trinajstić information content (AvgIpc) is 2.66. The van der Waals surface area contributed by atoms with Crippen LogP contribution < -0.4 is 10.2 Å². The molecule has 26 heavy (non-hydrogen) atoms. The Bertz CT molecular complexity index is 899. The summed E-state index contributed by atoms with van der Waals surface area (Å²) >= 11 is 1.37. The van der Waals surface area contributed by atoms with Crippen LogP contribution in [0.4, 0.5) is 5.69 Å². The highest BCUT2D eigenvalue weighted by molar-refractivity contribution is 8.13. The molecule has 0 unspecified atom stereocenters. The molecule has 132 valence electrons. The first kappa shape index (κ1) is 16.7. The quantitative estimate of drug-likeness (QED) is 0.843. The third kappa shape index (κ3) is 2.55. The molecule has 0 aliphatic carbocycles. The van der Waals surface area contributed by atoms with Crippen LogP contribution in [0.1, 0.15) is 30.3 Å². The van der Waals surface area contributed by atoms with E-state index in [-0.39, 0.29) is 11.8 Å². The normalized spacial score (nSPS) is 21.5. The Morgan fingerprint density at radius 1 is 1.12 bits per heavy atom. The molecule has 0 fully saturated rings. The second-order valence-electron chi connectivity index (χ2n) is 6.11. The van der Waals surface area contributed by atoms with Crippen molar-refractivity contribution in [3.05, 3.63) is 65.7 Å². The van der Waals surface area contributed by atoms with Gasteiger partial charge in [0, 0.05) is 12.5 Å². The minimum absolute atomic E-state index is 0.100. The van der Waals surface area contributed by atoms with Gasteiger partial charge >= 0.3 is 0 Å². The van der Waals surface area contributed by atoms with Crippen LogP contribution in [0.5, 0.6) is 0 Å². The number of hydrogen-bond acceptors (Lipinski definition) is 5. The van der Waals surface area contributed by atoms with Gasteiger partial charge in [0.25, 0.3) is 5.91 Å². The van der Waals surface area contributed by atoms with Crippen molar-refractivity contribution < 1.29 is 9.59 Å². The topological polar surface area (TPSA) is 65.0 Å². The maximum absolute atomic E-state index is 12.9. The molecule has 2 aromatic rings. The number of fused-ring (bicyclic) bond motifs is 3. The van der Waals surface area contributed by atoms with E-state index in [0.717, 1.165) is 16.8 Å². The van der Waals surface area contributed by atoms with Crippen molar-refractivity contribution in [1.29, 1.82) is 0 Å². The van der Waals surface area contributed by atoms with E-state index < -0.39 is 12.2 Å². The van der Waals surface area contributed by atoms with Gasteiger partial charge in [0.1, 0.15) is 0 Å². The smallest absolute Gasteiger partial charge is 0.255 e. The molecule has 2 amide bonds. The predicted octanol–water partition coefficient (Wildman–Crippen LogP) is 2.86. The van der Waals surface area contributed by atoms with Crippen LogP contribution in [0, 0.1) is 0 Å². The summed E-state index contributed by atoms with van der Waals surface area (Å²) < 4.78 is 0. The van der Waals surface area contributed by atoms with Crippen molar-refractivity contribution in [2.75, 3.05) is 11.2 Å².